The van der Waals surface area contributed by atoms with E-state index in [-0.39, 0.29) is 0 Å². The van der Waals surface area contributed by atoms with Crippen molar-refractivity contribution >= 4 is 5.97 Å². The van der Waals surface area contributed by atoms with Gasteiger partial charge in [0.05, 0.1) is 0 Å². The lowest BCUT2D eigenvalue weighted by atomic mass is 9.78. The maximum Gasteiger partial charge on any atom is 0.323 e. The second-order valence-electron chi connectivity index (χ2n) is 6.18. The van der Waals surface area contributed by atoms with E-state index in [1.165, 1.54) is 0 Å². The van der Waals surface area contributed by atoms with Crippen LogP contribution in [0.1, 0.15) is 58.8 Å². The van der Waals surface area contributed by atoms with Crippen LogP contribution in [-0.4, -0.2) is 46.7 Å². The summed E-state index contributed by atoms with van der Waals surface area (Å²) in [5, 5.41) is 13.1. The quantitative estimate of drug-likeness (QED) is 0.743. The third kappa shape index (κ3) is 3.48. The van der Waals surface area contributed by atoms with Gasteiger partial charge in [0.1, 0.15) is 5.54 Å². The van der Waals surface area contributed by atoms with E-state index in [0.29, 0.717) is 12.1 Å². The van der Waals surface area contributed by atoms with Gasteiger partial charge in [-0.25, -0.2) is 0 Å². The average Bonchev–Trinajstić information content (AvgIpc) is 3.19. The first-order chi connectivity index (χ1) is 9.11. The van der Waals surface area contributed by atoms with Gasteiger partial charge in [-0.2, -0.15) is 0 Å². The first kappa shape index (κ1) is 14.8. The molecule has 0 amide bonds. The number of hydrogen-bond acceptors (Lipinski definition) is 3. The summed E-state index contributed by atoms with van der Waals surface area (Å²) in [6.45, 7) is 6.48. The summed E-state index contributed by atoms with van der Waals surface area (Å²) in [7, 11) is 0. The molecule has 0 heterocycles. The molecule has 2 fully saturated rings. The second-order valence-corrected chi connectivity index (χ2v) is 6.18. The van der Waals surface area contributed by atoms with E-state index in [9.17, 15) is 9.90 Å². The van der Waals surface area contributed by atoms with Gasteiger partial charge in [0.15, 0.2) is 0 Å². The van der Waals surface area contributed by atoms with Crippen molar-refractivity contribution in [2.24, 2.45) is 0 Å². The minimum Gasteiger partial charge on any atom is -0.480 e. The van der Waals surface area contributed by atoms with Crippen molar-refractivity contribution in [3.63, 3.8) is 0 Å². The number of carbonyl (C=O) groups is 1. The monoisotopic (exact) mass is 268 g/mol. The van der Waals surface area contributed by atoms with Crippen molar-refractivity contribution < 1.29 is 9.90 Å². The molecule has 0 aliphatic heterocycles. The molecular weight excluding hydrogens is 240 g/mol. The van der Waals surface area contributed by atoms with Crippen molar-refractivity contribution in [2.45, 2.75) is 76.4 Å². The lowest BCUT2D eigenvalue weighted by Gasteiger charge is -2.42. The molecule has 0 spiro atoms. The lowest BCUT2D eigenvalue weighted by Crippen LogP contribution is -2.59. The zero-order valence-corrected chi connectivity index (χ0v) is 12.3. The fourth-order valence-electron chi connectivity index (χ4n) is 3.45. The fourth-order valence-corrected chi connectivity index (χ4v) is 3.45. The van der Waals surface area contributed by atoms with Crippen LogP contribution in [0.4, 0.5) is 0 Å². The van der Waals surface area contributed by atoms with Crippen LogP contribution in [0.2, 0.25) is 0 Å². The molecule has 0 aromatic heterocycles. The maximum absolute atomic E-state index is 11.8. The van der Waals surface area contributed by atoms with Gasteiger partial charge in [-0.3, -0.25) is 10.1 Å². The standard InChI is InChI=1S/C15H28N2O2/c1-3-10-17(4-2)13-6-5-9-15(11-13,14(18)19)16-12-7-8-12/h12-13,16H,3-11H2,1-2H3,(H,18,19). The summed E-state index contributed by atoms with van der Waals surface area (Å²) in [6.07, 6.45) is 7.16. The van der Waals surface area contributed by atoms with Crippen molar-refractivity contribution in [1.29, 1.82) is 0 Å². The van der Waals surface area contributed by atoms with Crippen LogP contribution >= 0.6 is 0 Å². The Morgan fingerprint density at radius 2 is 2.11 bits per heavy atom. The number of nitrogens with zero attached hydrogens (tertiary/aromatic N) is 1. The zero-order chi connectivity index (χ0) is 13.9. The van der Waals surface area contributed by atoms with E-state index in [0.717, 1.165) is 58.0 Å². The van der Waals surface area contributed by atoms with Crippen LogP contribution in [0.25, 0.3) is 0 Å². The molecule has 0 aromatic rings. The number of nitrogens with one attached hydrogen (secondary N) is 1. The Balaban J connectivity index is 2.05. The Bertz CT molecular complexity index is 317. The minimum atomic E-state index is -0.661. The fraction of sp³-hybridized carbons (Fsp3) is 0.933. The van der Waals surface area contributed by atoms with Crippen molar-refractivity contribution in [3.8, 4) is 0 Å². The number of carboxylic acids is 1. The van der Waals surface area contributed by atoms with Gasteiger partial charge < -0.3 is 10.0 Å². The molecule has 2 rings (SSSR count). The summed E-state index contributed by atoms with van der Waals surface area (Å²) in [5.74, 6) is -0.642. The summed E-state index contributed by atoms with van der Waals surface area (Å²) in [4.78, 5) is 14.2. The van der Waals surface area contributed by atoms with Gasteiger partial charge in [-0.05, 0) is 58.0 Å². The predicted octanol–water partition coefficient (Wildman–Crippen LogP) is 2.24. The first-order valence-corrected chi connectivity index (χ1v) is 7.86. The van der Waals surface area contributed by atoms with Gasteiger partial charge in [-0.15, -0.1) is 0 Å². The van der Waals surface area contributed by atoms with E-state index < -0.39 is 11.5 Å². The number of hydrogen-bond donors (Lipinski definition) is 2. The highest BCUT2D eigenvalue weighted by Crippen LogP contribution is 2.35. The Labute approximate surface area is 116 Å². The summed E-state index contributed by atoms with van der Waals surface area (Å²) in [5.41, 5.74) is -0.661. The van der Waals surface area contributed by atoms with Crippen LogP contribution in [0, 0.1) is 0 Å². The number of aliphatic carboxylic acids is 1. The van der Waals surface area contributed by atoms with E-state index in [1.54, 1.807) is 0 Å². The molecule has 2 saturated carbocycles. The Morgan fingerprint density at radius 1 is 1.37 bits per heavy atom. The summed E-state index contributed by atoms with van der Waals surface area (Å²) < 4.78 is 0. The zero-order valence-electron chi connectivity index (χ0n) is 12.3. The molecule has 0 aromatic carbocycles. The topological polar surface area (TPSA) is 52.6 Å². The Hall–Kier alpha value is -0.610. The van der Waals surface area contributed by atoms with E-state index in [4.69, 9.17) is 0 Å². The minimum absolute atomic E-state index is 0.432. The van der Waals surface area contributed by atoms with E-state index >= 15 is 0 Å². The van der Waals surface area contributed by atoms with Crippen LogP contribution in [-0.2, 0) is 4.79 Å². The van der Waals surface area contributed by atoms with Crippen LogP contribution in [0.3, 0.4) is 0 Å². The highest BCUT2D eigenvalue weighted by molar-refractivity contribution is 5.79. The van der Waals surface area contributed by atoms with Gasteiger partial charge in [0.25, 0.3) is 0 Å². The third-order valence-electron chi connectivity index (χ3n) is 4.63. The maximum atomic E-state index is 11.8. The van der Waals surface area contributed by atoms with Gasteiger partial charge in [-0.1, -0.05) is 13.8 Å². The lowest BCUT2D eigenvalue weighted by molar-refractivity contribution is -0.147. The molecule has 2 aliphatic carbocycles. The predicted molar refractivity (Wildman–Crippen MR) is 76.3 cm³/mol. The second kappa shape index (κ2) is 6.23. The molecule has 2 N–H and O–H groups in total. The van der Waals surface area contributed by atoms with Crippen LogP contribution in [0.5, 0.6) is 0 Å². The van der Waals surface area contributed by atoms with Crippen molar-refractivity contribution in [2.75, 3.05) is 13.1 Å². The number of rotatable bonds is 7. The molecule has 2 atom stereocenters. The first-order valence-electron chi connectivity index (χ1n) is 7.86. The van der Waals surface area contributed by atoms with E-state index in [1.807, 2.05) is 0 Å². The molecule has 4 heteroatoms. The van der Waals surface area contributed by atoms with Crippen LogP contribution in [0.15, 0.2) is 0 Å². The van der Waals surface area contributed by atoms with E-state index in [2.05, 4.69) is 24.1 Å². The summed E-state index contributed by atoms with van der Waals surface area (Å²) >= 11 is 0. The molecule has 4 nitrogen and oxygen atoms in total. The third-order valence-corrected chi connectivity index (χ3v) is 4.63. The SMILES string of the molecule is CCCN(CC)C1CCCC(NC2CC2)(C(=O)O)C1. The largest absolute Gasteiger partial charge is 0.480 e. The molecule has 2 unspecified atom stereocenters. The smallest absolute Gasteiger partial charge is 0.323 e. The molecule has 0 bridgehead atoms. The van der Waals surface area contributed by atoms with Gasteiger partial charge in [0, 0.05) is 12.1 Å². The Morgan fingerprint density at radius 3 is 2.63 bits per heavy atom. The average molecular weight is 268 g/mol. The molecule has 2 aliphatic rings. The highest BCUT2D eigenvalue weighted by Gasteiger charge is 2.46. The molecular formula is C15H28N2O2. The molecule has 0 saturated heterocycles. The molecule has 19 heavy (non-hydrogen) atoms. The molecule has 0 radical (unpaired) electrons. The Kier molecular flexibility index (Phi) is 4.85. The van der Waals surface area contributed by atoms with Gasteiger partial charge >= 0.3 is 5.97 Å². The van der Waals surface area contributed by atoms with Crippen molar-refractivity contribution in [1.82, 2.24) is 10.2 Å². The normalized spacial score (nSPS) is 31.6. The molecule has 110 valence electrons. The summed E-state index contributed by atoms with van der Waals surface area (Å²) in [6, 6.07) is 0.886. The highest BCUT2D eigenvalue weighted by atomic mass is 16.4. The number of carboxylic acid groups (broad SMARTS) is 1. The van der Waals surface area contributed by atoms with Gasteiger partial charge in [0.2, 0.25) is 0 Å². The van der Waals surface area contributed by atoms with Crippen LogP contribution < -0.4 is 5.32 Å². The van der Waals surface area contributed by atoms with Crippen molar-refractivity contribution in [3.05, 3.63) is 0 Å².